The average Bonchev–Trinajstić information content (AvgIpc) is 2.39. The molecule has 1 rings (SSSR count). The summed E-state index contributed by atoms with van der Waals surface area (Å²) in [5.74, 6) is 0. The van der Waals surface area contributed by atoms with Crippen LogP contribution in [0.15, 0.2) is 24.5 Å². The van der Waals surface area contributed by atoms with Gasteiger partial charge in [0.1, 0.15) is 12.7 Å². The second-order valence-corrected chi connectivity index (χ2v) is 4.84. The lowest BCUT2D eigenvalue weighted by Crippen LogP contribution is -2.31. The first-order valence-electron chi connectivity index (χ1n) is 5.16. The van der Waals surface area contributed by atoms with Crippen LogP contribution in [0.2, 0.25) is 0 Å². The third kappa shape index (κ3) is 6.25. The molecule has 0 fully saturated rings. The minimum Gasteiger partial charge on any atom is -0.229 e. The van der Waals surface area contributed by atoms with E-state index in [4.69, 9.17) is 10.5 Å². The summed E-state index contributed by atoms with van der Waals surface area (Å²) in [6, 6.07) is 3.87. The highest BCUT2D eigenvalue weighted by atomic mass is 31.1. The second-order valence-electron chi connectivity index (χ2n) is 2.93. The van der Waals surface area contributed by atoms with Crippen molar-refractivity contribution in [2.45, 2.75) is 20.4 Å². The summed E-state index contributed by atoms with van der Waals surface area (Å²) in [6.07, 6.45) is 7.48. The molecule has 0 aliphatic rings. The molecule has 5 nitrogen and oxygen atoms in total. The van der Waals surface area contributed by atoms with Gasteiger partial charge in [-0.05, 0) is 13.8 Å². The van der Waals surface area contributed by atoms with E-state index in [0.717, 1.165) is 18.0 Å². The van der Waals surface area contributed by atoms with E-state index in [2.05, 4.69) is 11.5 Å². The summed E-state index contributed by atoms with van der Waals surface area (Å²) in [5.41, 5.74) is 0. The van der Waals surface area contributed by atoms with E-state index < -0.39 is 7.80 Å². The molecule has 88 valence electrons. The first-order valence-corrected chi connectivity index (χ1v) is 6.61. The van der Waals surface area contributed by atoms with Gasteiger partial charge in [-0.3, -0.25) is 0 Å². The van der Waals surface area contributed by atoms with Crippen molar-refractivity contribution in [2.75, 3.05) is 6.16 Å². The fourth-order valence-electron chi connectivity index (χ4n) is 1.03. The van der Waals surface area contributed by atoms with Gasteiger partial charge in [0.05, 0.1) is 12.1 Å². The lowest BCUT2D eigenvalue weighted by molar-refractivity contribution is -0.693. The smallest absolute Gasteiger partial charge is 0.229 e. The zero-order valence-corrected chi connectivity index (χ0v) is 10.8. The van der Waals surface area contributed by atoms with Gasteiger partial charge in [0.15, 0.2) is 24.8 Å². The van der Waals surface area contributed by atoms with Crippen LogP contribution in [0.25, 0.3) is 0 Å². The van der Waals surface area contributed by atoms with Crippen LogP contribution in [0.1, 0.15) is 13.8 Å². The molecule has 6 heteroatoms. The van der Waals surface area contributed by atoms with Crippen LogP contribution < -0.4 is 15.2 Å². The summed E-state index contributed by atoms with van der Waals surface area (Å²) < 4.78 is 13.4. The van der Waals surface area contributed by atoms with Crippen molar-refractivity contribution in [3.8, 4) is 12.4 Å². The van der Waals surface area contributed by atoms with Gasteiger partial charge in [-0.15, -0.1) is 0 Å². The minimum atomic E-state index is -1.15. The molecule has 0 aliphatic heterocycles. The standard InChI is InChI=1S/C9H14NOP.C2HN3/c1-3-10-7-5-9(6-8-10)12(11)4-2;3-1-5-2-4/h5-8H,3-4H2,1-2H3;5H/q+2;. The molecule has 1 aromatic rings. The molecule has 0 amide bonds. The van der Waals surface area contributed by atoms with E-state index in [0.29, 0.717) is 0 Å². The van der Waals surface area contributed by atoms with Crippen molar-refractivity contribution in [1.82, 2.24) is 5.32 Å². The van der Waals surface area contributed by atoms with Crippen molar-refractivity contribution in [2.24, 2.45) is 0 Å². The largest absolute Gasteiger partial charge is 0.377 e. The van der Waals surface area contributed by atoms with Crippen molar-refractivity contribution in [3.05, 3.63) is 24.5 Å². The Bertz CT molecular complexity index is 418. The molecule has 1 heterocycles. The normalized spacial score (nSPS) is 9.06. The number of rotatable bonds is 3. The highest BCUT2D eigenvalue weighted by molar-refractivity contribution is 7.53. The number of nitriles is 2. The molecular formula is C11H15N4OP+2. The molecule has 0 aromatic carbocycles. The van der Waals surface area contributed by atoms with Gasteiger partial charge in [0.2, 0.25) is 5.30 Å². The Hall–Kier alpha value is -1.97. The summed E-state index contributed by atoms with van der Waals surface area (Å²) in [4.78, 5) is 0. The highest BCUT2D eigenvalue weighted by Gasteiger charge is 2.16. The summed E-state index contributed by atoms with van der Waals surface area (Å²) in [7, 11) is -1.15. The van der Waals surface area contributed by atoms with Crippen LogP contribution in [0, 0.1) is 22.9 Å². The van der Waals surface area contributed by atoms with Gasteiger partial charge in [-0.2, -0.15) is 10.5 Å². The molecule has 0 radical (unpaired) electrons. The van der Waals surface area contributed by atoms with Gasteiger partial charge >= 0.3 is 7.80 Å². The monoisotopic (exact) mass is 250 g/mol. The van der Waals surface area contributed by atoms with Crippen molar-refractivity contribution >= 4 is 13.1 Å². The van der Waals surface area contributed by atoms with Crippen LogP contribution in [0.3, 0.4) is 0 Å². The molecule has 0 saturated heterocycles. The Morgan fingerprint density at radius 2 is 1.82 bits per heavy atom. The lowest BCUT2D eigenvalue weighted by atomic mass is 10.5. The zero-order valence-electron chi connectivity index (χ0n) is 9.92. The molecule has 1 unspecified atom stereocenters. The van der Waals surface area contributed by atoms with Crippen LogP contribution in [-0.2, 0) is 11.1 Å². The maximum Gasteiger partial charge on any atom is 0.377 e. The molecule has 0 saturated carbocycles. The van der Waals surface area contributed by atoms with Gasteiger partial charge in [-0.1, -0.05) is 4.57 Å². The molecule has 1 atom stereocenters. The minimum absolute atomic E-state index is 0.728. The van der Waals surface area contributed by atoms with Crippen LogP contribution in [0.4, 0.5) is 0 Å². The summed E-state index contributed by atoms with van der Waals surface area (Å²) in [5, 5.41) is 17.6. The highest BCUT2D eigenvalue weighted by Crippen LogP contribution is 2.16. The number of hydrogen-bond donors (Lipinski definition) is 1. The third-order valence-electron chi connectivity index (χ3n) is 1.93. The molecule has 0 aliphatic carbocycles. The molecule has 1 N–H and O–H groups in total. The number of aryl methyl sites for hydroxylation is 1. The van der Waals surface area contributed by atoms with Crippen molar-refractivity contribution in [3.63, 3.8) is 0 Å². The Balaban J connectivity index is 0.000000437. The summed E-state index contributed by atoms with van der Waals surface area (Å²) in [6.45, 7) is 4.99. The Labute approximate surface area is 102 Å². The molecule has 17 heavy (non-hydrogen) atoms. The Morgan fingerprint density at radius 1 is 1.29 bits per heavy atom. The van der Waals surface area contributed by atoms with E-state index in [1.807, 2.05) is 31.5 Å². The lowest BCUT2D eigenvalue weighted by Gasteiger charge is -1.88. The quantitative estimate of drug-likeness (QED) is 0.375. The Kier molecular flexibility index (Phi) is 8.20. The number of nitrogens with zero attached hydrogens (tertiary/aromatic N) is 3. The second kappa shape index (κ2) is 9.27. The number of aromatic nitrogens is 1. The Morgan fingerprint density at radius 3 is 2.12 bits per heavy atom. The van der Waals surface area contributed by atoms with E-state index in [1.165, 1.54) is 12.4 Å². The molecule has 0 spiro atoms. The third-order valence-corrected chi connectivity index (χ3v) is 3.37. The molecular weight excluding hydrogens is 235 g/mol. The molecule has 1 aromatic heterocycles. The summed E-state index contributed by atoms with van der Waals surface area (Å²) >= 11 is 0. The van der Waals surface area contributed by atoms with E-state index >= 15 is 0 Å². The number of hydrogen-bond acceptors (Lipinski definition) is 4. The topological polar surface area (TPSA) is 80.6 Å². The van der Waals surface area contributed by atoms with Gasteiger partial charge in [0.25, 0.3) is 0 Å². The SMILES string of the molecule is CC[n+]1ccc([P+](=O)CC)cc1.N#CNC#N. The van der Waals surface area contributed by atoms with Crippen molar-refractivity contribution in [1.29, 1.82) is 10.5 Å². The molecule has 0 bridgehead atoms. The predicted molar refractivity (Wildman–Crippen MR) is 64.5 cm³/mol. The van der Waals surface area contributed by atoms with Crippen LogP contribution in [0.5, 0.6) is 0 Å². The van der Waals surface area contributed by atoms with Crippen molar-refractivity contribution < 1.29 is 9.13 Å². The first kappa shape index (κ1) is 15.0. The number of nitrogens with one attached hydrogen (secondary N) is 1. The van der Waals surface area contributed by atoms with Crippen LogP contribution >= 0.6 is 7.80 Å². The average molecular weight is 250 g/mol. The van der Waals surface area contributed by atoms with Crippen LogP contribution in [-0.4, -0.2) is 6.16 Å². The van der Waals surface area contributed by atoms with E-state index in [-0.39, 0.29) is 0 Å². The van der Waals surface area contributed by atoms with Gasteiger partial charge in [0, 0.05) is 0 Å². The maximum absolute atomic E-state index is 11.4. The maximum atomic E-state index is 11.4. The van der Waals surface area contributed by atoms with E-state index in [9.17, 15) is 4.57 Å². The first-order chi connectivity index (χ1) is 8.19. The fraction of sp³-hybridized carbons (Fsp3) is 0.364. The predicted octanol–water partition coefficient (Wildman–Crippen LogP) is 1.00. The fourth-order valence-corrected chi connectivity index (χ4v) is 1.87. The van der Waals surface area contributed by atoms with Gasteiger partial charge in [-0.25, -0.2) is 9.88 Å². The van der Waals surface area contributed by atoms with Gasteiger partial charge < -0.3 is 0 Å². The van der Waals surface area contributed by atoms with E-state index in [1.54, 1.807) is 5.32 Å². The zero-order chi connectivity index (χ0) is 13.1. The number of pyridine rings is 1.